The van der Waals surface area contributed by atoms with Gasteiger partial charge in [-0.15, -0.1) is 0 Å². The molecule has 0 aliphatic rings. The van der Waals surface area contributed by atoms with E-state index in [4.69, 9.17) is 14.5 Å². The van der Waals surface area contributed by atoms with Crippen molar-refractivity contribution < 1.29 is 14.3 Å². The molecule has 6 nitrogen and oxygen atoms in total. The van der Waals surface area contributed by atoms with Crippen molar-refractivity contribution in [3.63, 3.8) is 0 Å². The number of ether oxygens (including phenoxy) is 2. The average molecular weight is 367 g/mol. The highest BCUT2D eigenvalue weighted by Crippen LogP contribution is 2.26. The van der Waals surface area contributed by atoms with Crippen LogP contribution in [0.25, 0.3) is 11.0 Å². The standard InChI is InChI=1S/C21H25N3O3/c1-16(25)22-13-7-12-21-23-17-8-3-4-9-18(17)24(21)14-15-27-20-11-6-5-10-19(20)26-2/h3-6,8-11H,7,12-15H2,1-2H3,(H,22,25). The Morgan fingerprint density at radius 1 is 1.11 bits per heavy atom. The van der Waals surface area contributed by atoms with Crippen LogP contribution in [0.2, 0.25) is 0 Å². The van der Waals surface area contributed by atoms with Gasteiger partial charge in [-0.2, -0.15) is 0 Å². The zero-order valence-electron chi connectivity index (χ0n) is 15.8. The van der Waals surface area contributed by atoms with Gasteiger partial charge in [0.1, 0.15) is 12.4 Å². The summed E-state index contributed by atoms with van der Waals surface area (Å²) in [6.07, 6.45) is 1.64. The summed E-state index contributed by atoms with van der Waals surface area (Å²) in [5.41, 5.74) is 2.07. The van der Waals surface area contributed by atoms with Gasteiger partial charge in [0.15, 0.2) is 11.5 Å². The number of hydrogen-bond donors (Lipinski definition) is 1. The van der Waals surface area contributed by atoms with E-state index in [-0.39, 0.29) is 5.91 Å². The number of carbonyl (C=O) groups is 1. The van der Waals surface area contributed by atoms with E-state index in [1.165, 1.54) is 6.92 Å². The normalized spacial score (nSPS) is 10.7. The third-order valence-electron chi connectivity index (χ3n) is 4.33. The van der Waals surface area contributed by atoms with Gasteiger partial charge < -0.3 is 19.4 Å². The van der Waals surface area contributed by atoms with E-state index in [0.717, 1.165) is 41.2 Å². The van der Waals surface area contributed by atoms with Crippen LogP contribution in [0.1, 0.15) is 19.2 Å². The van der Waals surface area contributed by atoms with E-state index in [1.807, 2.05) is 42.5 Å². The Labute approximate surface area is 159 Å². The maximum absolute atomic E-state index is 11.0. The molecule has 0 radical (unpaired) electrons. The first-order chi connectivity index (χ1) is 13.2. The number of rotatable bonds is 9. The Kier molecular flexibility index (Phi) is 6.30. The van der Waals surface area contributed by atoms with Crippen LogP contribution in [0.15, 0.2) is 48.5 Å². The molecule has 1 heterocycles. The van der Waals surface area contributed by atoms with Crippen molar-refractivity contribution in [2.24, 2.45) is 0 Å². The van der Waals surface area contributed by atoms with Crippen LogP contribution in [0.4, 0.5) is 0 Å². The molecule has 0 bridgehead atoms. The number of carbonyl (C=O) groups excluding carboxylic acids is 1. The van der Waals surface area contributed by atoms with Crippen LogP contribution < -0.4 is 14.8 Å². The van der Waals surface area contributed by atoms with Gasteiger partial charge in [-0.05, 0) is 30.7 Å². The lowest BCUT2D eigenvalue weighted by molar-refractivity contribution is -0.118. The summed E-state index contributed by atoms with van der Waals surface area (Å²) in [5, 5.41) is 2.83. The number of amides is 1. The SMILES string of the molecule is COc1ccccc1OCCn1c(CCCNC(C)=O)nc2ccccc21. The van der Waals surface area contributed by atoms with Crippen molar-refractivity contribution in [3.05, 3.63) is 54.4 Å². The van der Waals surface area contributed by atoms with E-state index in [2.05, 4.69) is 16.0 Å². The lowest BCUT2D eigenvalue weighted by Gasteiger charge is -2.13. The molecule has 0 atom stereocenters. The Morgan fingerprint density at radius 3 is 2.63 bits per heavy atom. The highest BCUT2D eigenvalue weighted by molar-refractivity contribution is 5.76. The van der Waals surface area contributed by atoms with Gasteiger partial charge in [0.05, 0.1) is 24.7 Å². The molecular formula is C21H25N3O3. The monoisotopic (exact) mass is 367 g/mol. The van der Waals surface area contributed by atoms with Crippen LogP contribution in [0, 0.1) is 0 Å². The Balaban J connectivity index is 1.70. The van der Waals surface area contributed by atoms with Gasteiger partial charge in [0.2, 0.25) is 5.91 Å². The molecule has 1 aromatic heterocycles. The van der Waals surface area contributed by atoms with Crippen LogP contribution in [-0.2, 0) is 17.8 Å². The number of nitrogens with one attached hydrogen (secondary N) is 1. The number of fused-ring (bicyclic) bond motifs is 1. The van der Waals surface area contributed by atoms with E-state index < -0.39 is 0 Å². The smallest absolute Gasteiger partial charge is 0.216 e. The van der Waals surface area contributed by atoms with Crippen molar-refractivity contribution in [1.82, 2.24) is 14.9 Å². The Morgan fingerprint density at radius 2 is 1.85 bits per heavy atom. The zero-order valence-corrected chi connectivity index (χ0v) is 15.8. The molecule has 0 aliphatic heterocycles. The molecular weight excluding hydrogens is 342 g/mol. The van der Waals surface area contributed by atoms with Crippen molar-refractivity contribution in [2.45, 2.75) is 26.3 Å². The predicted molar refractivity (Wildman–Crippen MR) is 105 cm³/mol. The molecule has 0 unspecified atom stereocenters. The van der Waals surface area contributed by atoms with Gasteiger partial charge in [0.25, 0.3) is 0 Å². The van der Waals surface area contributed by atoms with Gasteiger partial charge in [0, 0.05) is 19.9 Å². The number of nitrogens with zero attached hydrogens (tertiary/aromatic N) is 2. The molecule has 3 aromatic rings. The zero-order chi connectivity index (χ0) is 19.1. The quantitative estimate of drug-likeness (QED) is 0.590. The van der Waals surface area contributed by atoms with E-state index >= 15 is 0 Å². The largest absolute Gasteiger partial charge is 0.493 e. The summed E-state index contributed by atoms with van der Waals surface area (Å²) >= 11 is 0. The van der Waals surface area contributed by atoms with Crippen molar-refractivity contribution >= 4 is 16.9 Å². The second-order valence-electron chi connectivity index (χ2n) is 6.25. The average Bonchev–Trinajstić information content (AvgIpc) is 3.03. The predicted octanol–water partition coefficient (Wildman–Crippen LogP) is 3.19. The molecule has 27 heavy (non-hydrogen) atoms. The lowest BCUT2D eigenvalue weighted by atomic mass is 10.3. The molecule has 0 saturated heterocycles. The minimum absolute atomic E-state index is 0.00582. The summed E-state index contributed by atoms with van der Waals surface area (Å²) in [6, 6.07) is 15.7. The van der Waals surface area contributed by atoms with Crippen LogP contribution in [0.3, 0.4) is 0 Å². The van der Waals surface area contributed by atoms with Gasteiger partial charge in [-0.3, -0.25) is 4.79 Å². The highest BCUT2D eigenvalue weighted by atomic mass is 16.5. The lowest BCUT2D eigenvalue weighted by Crippen LogP contribution is -2.21. The fraction of sp³-hybridized carbons (Fsp3) is 0.333. The summed E-state index contributed by atoms with van der Waals surface area (Å²) < 4.78 is 13.5. The fourth-order valence-electron chi connectivity index (χ4n) is 3.06. The molecule has 6 heteroatoms. The minimum atomic E-state index is -0.00582. The van der Waals surface area contributed by atoms with Crippen LogP contribution >= 0.6 is 0 Å². The minimum Gasteiger partial charge on any atom is -0.493 e. The van der Waals surface area contributed by atoms with Gasteiger partial charge >= 0.3 is 0 Å². The summed E-state index contributed by atoms with van der Waals surface area (Å²) in [6.45, 7) is 3.38. The molecule has 0 fully saturated rings. The number of aromatic nitrogens is 2. The molecule has 0 saturated carbocycles. The first kappa shape index (κ1) is 18.8. The first-order valence-corrected chi connectivity index (χ1v) is 9.13. The molecule has 0 aliphatic carbocycles. The fourth-order valence-corrected chi connectivity index (χ4v) is 3.06. The van der Waals surface area contributed by atoms with Crippen molar-refractivity contribution in [1.29, 1.82) is 0 Å². The Hall–Kier alpha value is -3.02. The van der Waals surface area contributed by atoms with Gasteiger partial charge in [-0.25, -0.2) is 4.98 Å². The third kappa shape index (κ3) is 4.78. The van der Waals surface area contributed by atoms with E-state index in [1.54, 1.807) is 7.11 Å². The third-order valence-corrected chi connectivity index (χ3v) is 4.33. The summed E-state index contributed by atoms with van der Waals surface area (Å²) in [7, 11) is 1.64. The van der Waals surface area contributed by atoms with E-state index in [9.17, 15) is 4.79 Å². The molecule has 3 rings (SSSR count). The number of methoxy groups -OCH3 is 1. The summed E-state index contributed by atoms with van der Waals surface area (Å²) in [5.74, 6) is 2.46. The number of para-hydroxylation sites is 4. The molecule has 1 N–H and O–H groups in total. The number of imidazole rings is 1. The number of aryl methyl sites for hydroxylation is 1. The molecule has 1 amide bonds. The van der Waals surface area contributed by atoms with Crippen molar-refractivity contribution in [2.75, 3.05) is 20.3 Å². The molecule has 2 aromatic carbocycles. The van der Waals surface area contributed by atoms with Crippen molar-refractivity contribution in [3.8, 4) is 11.5 Å². The van der Waals surface area contributed by atoms with Gasteiger partial charge in [-0.1, -0.05) is 24.3 Å². The number of benzene rings is 2. The molecule has 0 spiro atoms. The Bertz CT molecular complexity index is 905. The topological polar surface area (TPSA) is 65.4 Å². The summed E-state index contributed by atoms with van der Waals surface area (Å²) in [4.78, 5) is 15.8. The maximum Gasteiger partial charge on any atom is 0.216 e. The van der Waals surface area contributed by atoms with E-state index in [0.29, 0.717) is 19.7 Å². The molecule has 142 valence electrons. The number of hydrogen-bond acceptors (Lipinski definition) is 4. The second-order valence-corrected chi connectivity index (χ2v) is 6.25. The first-order valence-electron chi connectivity index (χ1n) is 9.13. The second kappa shape index (κ2) is 9.07. The highest BCUT2D eigenvalue weighted by Gasteiger charge is 2.11. The van der Waals surface area contributed by atoms with Crippen LogP contribution in [0.5, 0.6) is 11.5 Å². The maximum atomic E-state index is 11.0. The van der Waals surface area contributed by atoms with Crippen LogP contribution in [-0.4, -0.2) is 35.7 Å².